The average molecular weight is 471 g/mol. The second-order valence-corrected chi connectivity index (χ2v) is 7.26. The number of hydrogen-bond donors (Lipinski definition) is 9. The van der Waals surface area contributed by atoms with E-state index in [0.717, 1.165) is 0 Å². The first-order chi connectivity index (χ1) is 15.5. The number of nitrogens with one attached hydrogen (secondary N) is 4. The molecular formula is C18H29N7O8. The minimum absolute atomic E-state index is 0.141. The molecule has 5 atom stereocenters. The number of hydrogen-bond acceptors (Lipinski definition) is 9. The van der Waals surface area contributed by atoms with Crippen molar-refractivity contribution >= 4 is 29.6 Å². The maximum atomic E-state index is 12.7. The molecule has 0 aliphatic heterocycles. The lowest BCUT2D eigenvalue weighted by atomic mass is 10.1. The lowest BCUT2D eigenvalue weighted by Crippen LogP contribution is -2.60. The molecule has 0 aliphatic rings. The molecule has 0 bridgehead atoms. The van der Waals surface area contributed by atoms with Crippen LogP contribution in [-0.4, -0.2) is 91.8 Å². The van der Waals surface area contributed by atoms with Crippen LogP contribution in [0.4, 0.5) is 0 Å². The standard InChI is InChI=1S/C18H29N7O8/c1-8(27)14(17(31)24-12(18(32)33)4-9-5-21-7-22-9)25-16(30)11(2-3-13(20)28)23-15(29)10(19)6-26/h5,7-8,10-12,14,26-27H,2-4,6,19H2,1H3,(H2,20,28)(H,21,22)(H,23,29)(H,24,31)(H,25,30)(H,32,33). The highest BCUT2D eigenvalue weighted by molar-refractivity contribution is 5.94. The van der Waals surface area contributed by atoms with Gasteiger partial charge in [-0.3, -0.25) is 19.2 Å². The van der Waals surface area contributed by atoms with Gasteiger partial charge in [0, 0.05) is 24.7 Å². The molecule has 1 aromatic heterocycles. The number of aromatic nitrogens is 2. The number of H-pyrrole nitrogens is 1. The van der Waals surface area contributed by atoms with Crippen LogP contribution in [0.2, 0.25) is 0 Å². The van der Waals surface area contributed by atoms with Crippen LogP contribution in [0.1, 0.15) is 25.5 Å². The zero-order valence-electron chi connectivity index (χ0n) is 17.9. The molecule has 0 aliphatic carbocycles. The lowest BCUT2D eigenvalue weighted by molar-refractivity contribution is -0.143. The van der Waals surface area contributed by atoms with Gasteiger partial charge in [0.05, 0.1) is 19.0 Å². The smallest absolute Gasteiger partial charge is 0.326 e. The number of carbonyl (C=O) groups is 5. The fourth-order valence-electron chi connectivity index (χ4n) is 2.65. The van der Waals surface area contributed by atoms with Crippen molar-refractivity contribution in [1.29, 1.82) is 0 Å². The molecule has 0 radical (unpaired) electrons. The molecule has 15 nitrogen and oxygen atoms in total. The minimum atomic E-state index is -1.60. The number of carboxylic acids is 1. The Balaban J connectivity index is 2.94. The van der Waals surface area contributed by atoms with Crippen molar-refractivity contribution in [2.24, 2.45) is 11.5 Å². The molecule has 0 saturated heterocycles. The molecule has 0 saturated carbocycles. The lowest BCUT2D eigenvalue weighted by Gasteiger charge is -2.26. The molecule has 15 heteroatoms. The summed E-state index contributed by atoms with van der Waals surface area (Å²) < 4.78 is 0. The number of aromatic amines is 1. The van der Waals surface area contributed by atoms with Gasteiger partial charge in [0.1, 0.15) is 24.2 Å². The van der Waals surface area contributed by atoms with Gasteiger partial charge in [-0.15, -0.1) is 0 Å². The molecule has 4 amide bonds. The van der Waals surface area contributed by atoms with Crippen LogP contribution in [0.5, 0.6) is 0 Å². The number of nitrogens with two attached hydrogens (primary N) is 2. The number of aliphatic carboxylic acids is 1. The molecular weight excluding hydrogens is 442 g/mol. The Bertz CT molecular complexity index is 830. The molecule has 0 fully saturated rings. The van der Waals surface area contributed by atoms with Crippen LogP contribution in [0, 0.1) is 0 Å². The van der Waals surface area contributed by atoms with Gasteiger partial charge in [-0.2, -0.15) is 0 Å². The zero-order valence-corrected chi connectivity index (χ0v) is 17.9. The summed E-state index contributed by atoms with van der Waals surface area (Å²) in [6.07, 6.45) is 0.554. The zero-order chi connectivity index (χ0) is 25.1. The summed E-state index contributed by atoms with van der Waals surface area (Å²) in [7, 11) is 0. The molecule has 184 valence electrons. The van der Waals surface area contributed by atoms with E-state index in [1.807, 2.05) is 0 Å². The highest BCUT2D eigenvalue weighted by atomic mass is 16.4. The third-order valence-electron chi connectivity index (χ3n) is 4.50. The minimum Gasteiger partial charge on any atom is -0.480 e. The van der Waals surface area contributed by atoms with Crippen molar-refractivity contribution in [3.8, 4) is 0 Å². The van der Waals surface area contributed by atoms with Gasteiger partial charge < -0.3 is 47.7 Å². The van der Waals surface area contributed by atoms with E-state index >= 15 is 0 Å². The van der Waals surface area contributed by atoms with Gasteiger partial charge >= 0.3 is 5.97 Å². The van der Waals surface area contributed by atoms with Crippen LogP contribution >= 0.6 is 0 Å². The largest absolute Gasteiger partial charge is 0.480 e. The van der Waals surface area contributed by atoms with E-state index in [1.165, 1.54) is 19.4 Å². The Morgan fingerprint density at radius 2 is 1.73 bits per heavy atom. The third-order valence-corrected chi connectivity index (χ3v) is 4.50. The molecule has 1 heterocycles. The first-order valence-corrected chi connectivity index (χ1v) is 9.90. The van der Waals surface area contributed by atoms with Crippen molar-refractivity contribution in [2.45, 2.75) is 56.5 Å². The quantitative estimate of drug-likeness (QED) is 0.125. The van der Waals surface area contributed by atoms with Crippen LogP contribution < -0.4 is 27.4 Å². The number of carbonyl (C=O) groups excluding carboxylic acids is 4. The van der Waals surface area contributed by atoms with E-state index in [4.69, 9.17) is 16.6 Å². The fraction of sp³-hybridized carbons (Fsp3) is 0.556. The van der Waals surface area contributed by atoms with Gasteiger partial charge in [0.2, 0.25) is 23.6 Å². The number of rotatable bonds is 14. The highest BCUT2D eigenvalue weighted by Crippen LogP contribution is 2.04. The van der Waals surface area contributed by atoms with Crippen LogP contribution in [0.3, 0.4) is 0 Å². The average Bonchev–Trinajstić information content (AvgIpc) is 3.25. The van der Waals surface area contributed by atoms with Gasteiger partial charge in [-0.25, -0.2) is 9.78 Å². The van der Waals surface area contributed by atoms with Crippen LogP contribution in [0.25, 0.3) is 0 Å². The summed E-state index contributed by atoms with van der Waals surface area (Å²) in [5, 5.41) is 35.0. The van der Waals surface area contributed by atoms with Gasteiger partial charge in [-0.05, 0) is 13.3 Å². The number of primary amides is 1. The second kappa shape index (κ2) is 13.1. The van der Waals surface area contributed by atoms with Gasteiger partial charge in [-0.1, -0.05) is 0 Å². The summed E-state index contributed by atoms with van der Waals surface area (Å²) in [6.45, 7) is 0.482. The Kier molecular flexibility index (Phi) is 10.9. The van der Waals surface area contributed by atoms with E-state index < -0.39 is 66.5 Å². The third kappa shape index (κ3) is 9.22. The summed E-state index contributed by atoms with van der Waals surface area (Å²) in [5.41, 5.74) is 10.9. The Hall–Kier alpha value is -3.56. The van der Waals surface area contributed by atoms with Crippen molar-refractivity contribution in [3.05, 3.63) is 18.2 Å². The predicted molar refractivity (Wildman–Crippen MR) is 111 cm³/mol. The Labute approximate surface area is 188 Å². The van der Waals surface area contributed by atoms with E-state index in [2.05, 4.69) is 25.9 Å². The maximum Gasteiger partial charge on any atom is 0.326 e. The molecule has 11 N–H and O–H groups in total. The molecule has 33 heavy (non-hydrogen) atoms. The van der Waals surface area contributed by atoms with E-state index in [9.17, 15) is 34.2 Å². The number of nitrogens with zero attached hydrogens (tertiary/aromatic N) is 1. The molecule has 0 aromatic carbocycles. The second-order valence-electron chi connectivity index (χ2n) is 7.26. The first-order valence-electron chi connectivity index (χ1n) is 9.90. The number of carboxylic acid groups (broad SMARTS) is 1. The van der Waals surface area contributed by atoms with E-state index in [1.54, 1.807) is 0 Å². The molecule has 0 spiro atoms. The Morgan fingerprint density at radius 1 is 1.09 bits per heavy atom. The van der Waals surface area contributed by atoms with Crippen molar-refractivity contribution < 1.29 is 39.3 Å². The van der Waals surface area contributed by atoms with Crippen LogP contribution in [-0.2, 0) is 30.4 Å². The summed E-state index contributed by atoms with van der Waals surface area (Å²) in [5.74, 6) is -4.99. The molecule has 1 aromatic rings. The number of aliphatic hydroxyl groups is 2. The van der Waals surface area contributed by atoms with E-state index in [0.29, 0.717) is 5.69 Å². The van der Waals surface area contributed by atoms with E-state index in [-0.39, 0.29) is 19.3 Å². The topological polar surface area (TPSA) is 263 Å². The SMILES string of the molecule is CC(O)C(NC(=O)C(CCC(N)=O)NC(=O)C(N)CO)C(=O)NC(Cc1cnc[nH]1)C(=O)O. The van der Waals surface area contributed by atoms with Crippen molar-refractivity contribution in [3.63, 3.8) is 0 Å². The molecule has 1 rings (SSSR count). The van der Waals surface area contributed by atoms with Crippen molar-refractivity contribution in [2.75, 3.05) is 6.61 Å². The monoisotopic (exact) mass is 471 g/mol. The number of imidazole rings is 1. The maximum absolute atomic E-state index is 12.7. The summed E-state index contributed by atoms with van der Waals surface area (Å²) >= 11 is 0. The normalized spacial score (nSPS) is 15.4. The highest BCUT2D eigenvalue weighted by Gasteiger charge is 2.33. The van der Waals surface area contributed by atoms with Gasteiger partial charge in [0.15, 0.2) is 0 Å². The number of amides is 4. The fourth-order valence-corrected chi connectivity index (χ4v) is 2.65. The predicted octanol–water partition coefficient (Wildman–Crippen LogP) is -4.54. The number of aliphatic hydroxyl groups excluding tert-OH is 2. The Morgan fingerprint density at radius 3 is 2.21 bits per heavy atom. The first kappa shape index (κ1) is 27.5. The summed E-state index contributed by atoms with van der Waals surface area (Å²) in [4.78, 5) is 66.4. The molecule has 5 unspecified atom stereocenters. The summed E-state index contributed by atoms with van der Waals surface area (Å²) in [6, 6.07) is -5.72. The van der Waals surface area contributed by atoms with Crippen LogP contribution in [0.15, 0.2) is 12.5 Å². The van der Waals surface area contributed by atoms with Gasteiger partial charge in [0.25, 0.3) is 0 Å². The van der Waals surface area contributed by atoms with Crippen molar-refractivity contribution in [1.82, 2.24) is 25.9 Å².